The number of hydrogen-bond donors (Lipinski definition) is 1. The lowest BCUT2D eigenvalue weighted by Gasteiger charge is -2.27. The standard InChI is InChI=1S/C25H23N3O3S/c1-16-14-28-23(22(27-25(28)32-16)21-4-2-3-13-26-21)18-9-11-20(12-10-18)31-15-17-5-7-19(8-6-17)24(29)30/h2-13,16,22-23H,14-15H2,1H3,(H,29,30)/t16-,22+,23-/m1/s1. The van der Waals surface area contributed by atoms with E-state index < -0.39 is 5.97 Å². The van der Waals surface area contributed by atoms with Crippen LogP contribution in [0.4, 0.5) is 0 Å². The number of carboxylic acid groups (broad SMARTS) is 1. The van der Waals surface area contributed by atoms with Gasteiger partial charge in [0, 0.05) is 18.0 Å². The van der Waals surface area contributed by atoms with Crippen molar-refractivity contribution >= 4 is 22.9 Å². The van der Waals surface area contributed by atoms with E-state index in [0.29, 0.717) is 11.9 Å². The van der Waals surface area contributed by atoms with Gasteiger partial charge >= 0.3 is 5.97 Å². The average molecular weight is 446 g/mol. The molecule has 0 amide bonds. The second kappa shape index (κ2) is 8.67. The van der Waals surface area contributed by atoms with Gasteiger partial charge in [-0.1, -0.05) is 49.0 Å². The maximum atomic E-state index is 11.0. The number of aliphatic imine (C=N–C) groups is 1. The third-order valence-corrected chi connectivity index (χ3v) is 6.81. The molecule has 0 aliphatic carbocycles. The van der Waals surface area contributed by atoms with Crippen LogP contribution in [0.5, 0.6) is 5.75 Å². The van der Waals surface area contributed by atoms with Crippen LogP contribution in [0.3, 0.4) is 0 Å². The lowest BCUT2D eigenvalue weighted by molar-refractivity contribution is 0.0697. The Morgan fingerprint density at radius 1 is 1.12 bits per heavy atom. The van der Waals surface area contributed by atoms with Gasteiger partial charge in [-0.05, 0) is 47.5 Å². The van der Waals surface area contributed by atoms with Crippen molar-refractivity contribution in [1.29, 1.82) is 0 Å². The van der Waals surface area contributed by atoms with Crippen LogP contribution in [-0.4, -0.2) is 37.9 Å². The molecule has 2 aliphatic heterocycles. The van der Waals surface area contributed by atoms with Gasteiger partial charge in [0.25, 0.3) is 0 Å². The number of ether oxygens (including phenoxy) is 1. The van der Waals surface area contributed by atoms with E-state index in [1.54, 1.807) is 24.3 Å². The smallest absolute Gasteiger partial charge is 0.335 e. The summed E-state index contributed by atoms with van der Waals surface area (Å²) in [7, 11) is 0. The fraction of sp³-hybridized carbons (Fsp3) is 0.240. The topological polar surface area (TPSA) is 75.0 Å². The molecule has 3 heterocycles. The summed E-state index contributed by atoms with van der Waals surface area (Å²) in [5.74, 6) is -0.157. The number of pyridine rings is 1. The van der Waals surface area contributed by atoms with E-state index in [4.69, 9.17) is 14.8 Å². The number of carbonyl (C=O) groups is 1. The first-order chi connectivity index (χ1) is 15.6. The molecule has 32 heavy (non-hydrogen) atoms. The van der Waals surface area contributed by atoms with Crippen molar-refractivity contribution in [3.63, 3.8) is 0 Å². The molecule has 1 saturated heterocycles. The van der Waals surface area contributed by atoms with Gasteiger partial charge < -0.3 is 14.7 Å². The van der Waals surface area contributed by atoms with E-state index in [1.165, 1.54) is 5.56 Å². The largest absolute Gasteiger partial charge is 0.489 e. The molecule has 0 saturated carbocycles. The SMILES string of the molecule is C[C@@H]1CN2C(=N[C@@H](c3ccccn3)[C@H]2c2ccc(OCc3ccc(C(=O)O)cc3)cc2)S1. The fourth-order valence-corrected chi connectivity index (χ4v) is 5.24. The quantitative estimate of drug-likeness (QED) is 0.579. The molecule has 5 rings (SSSR count). The van der Waals surface area contributed by atoms with Crippen molar-refractivity contribution < 1.29 is 14.6 Å². The maximum Gasteiger partial charge on any atom is 0.335 e. The van der Waals surface area contributed by atoms with Crippen molar-refractivity contribution in [2.45, 2.75) is 30.9 Å². The van der Waals surface area contributed by atoms with Gasteiger partial charge in [-0.15, -0.1) is 0 Å². The predicted molar refractivity (Wildman–Crippen MR) is 125 cm³/mol. The van der Waals surface area contributed by atoms with Crippen molar-refractivity contribution in [3.8, 4) is 5.75 Å². The Balaban J connectivity index is 1.32. The summed E-state index contributed by atoms with van der Waals surface area (Å²) < 4.78 is 5.92. The molecule has 0 unspecified atom stereocenters. The van der Waals surface area contributed by atoms with E-state index >= 15 is 0 Å². The number of hydrogen-bond acceptors (Lipinski definition) is 6. The number of carboxylic acids is 1. The Morgan fingerprint density at radius 3 is 2.59 bits per heavy atom. The number of rotatable bonds is 6. The van der Waals surface area contributed by atoms with Crippen molar-refractivity contribution in [2.24, 2.45) is 4.99 Å². The molecule has 0 radical (unpaired) electrons. The lowest BCUT2D eigenvalue weighted by atomic mass is 9.96. The van der Waals surface area contributed by atoms with Crippen LogP contribution in [0.15, 0.2) is 77.9 Å². The van der Waals surface area contributed by atoms with Crippen molar-refractivity contribution in [2.75, 3.05) is 6.54 Å². The van der Waals surface area contributed by atoms with Crippen molar-refractivity contribution in [3.05, 3.63) is 95.3 Å². The predicted octanol–water partition coefficient (Wildman–Crippen LogP) is 4.95. The lowest BCUT2D eigenvalue weighted by Crippen LogP contribution is -2.28. The van der Waals surface area contributed by atoms with Gasteiger partial charge in [0.1, 0.15) is 18.4 Å². The Bertz CT molecular complexity index is 1130. The Kier molecular flexibility index (Phi) is 5.57. The summed E-state index contributed by atoms with van der Waals surface area (Å²) in [6, 6.07) is 21.0. The minimum Gasteiger partial charge on any atom is -0.489 e. The molecule has 3 atom stereocenters. The maximum absolute atomic E-state index is 11.0. The highest BCUT2D eigenvalue weighted by Gasteiger charge is 2.43. The summed E-state index contributed by atoms with van der Waals surface area (Å²) in [4.78, 5) is 23.0. The molecule has 2 aromatic carbocycles. The zero-order chi connectivity index (χ0) is 22.1. The minimum absolute atomic E-state index is 0.0225. The van der Waals surface area contributed by atoms with Gasteiger partial charge in [-0.2, -0.15) is 0 Å². The first-order valence-electron chi connectivity index (χ1n) is 10.6. The van der Waals surface area contributed by atoms with Crippen LogP contribution in [0.2, 0.25) is 0 Å². The Morgan fingerprint density at radius 2 is 1.91 bits per heavy atom. The molecule has 1 fully saturated rings. The van der Waals surface area contributed by atoms with Crippen LogP contribution >= 0.6 is 11.8 Å². The normalized spacial score (nSPS) is 21.8. The molecule has 1 N–H and O–H groups in total. The monoisotopic (exact) mass is 445 g/mol. The van der Waals surface area contributed by atoms with Crippen LogP contribution in [0.1, 0.15) is 46.2 Å². The van der Waals surface area contributed by atoms with E-state index in [1.807, 2.05) is 48.3 Å². The molecule has 1 aromatic heterocycles. The highest BCUT2D eigenvalue weighted by Crippen LogP contribution is 2.47. The Hall–Kier alpha value is -3.32. The third kappa shape index (κ3) is 4.08. The number of fused-ring (bicyclic) bond motifs is 1. The zero-order valence-electron chi connectivity index (χ0n) is 17.6. The van der Waals surface area contributed by atoms with Gasteiger partial charge in [0.15, 0.2) is 5.17 Å². The van der Waals surface area contributed by atoms with Gasteiger partial charge in [0.05, 0.1) is 17.3 Å². The zero-order valence-corrected chi connectivity index (χ0v) is 18.4. The third-order valence-electron chi connectivity index (χ3n) is 5.71. The fourth-order valence-electron chi connectivity index (χ4n) is 4.15. The second-order valence-electron chi connectivity index (χ2n) is 8.00. The molecule has 7 heteroatoms. The highest BCUT2D eigenvalue weighted by atomic mass is 32.2. The molecule has 3 aromatic rings. The number of aromatic carboxylic acids is 1. The average Bonchev–Trinajstić information content (AvgIpc) is 3.35. The number of benzene rings is 2. The van der Waals surface area contributed by atoms with Gasteiger partial charge in [0.2, 0.25) is 0 Å². The summed E-state index contributed by atoms with van der Waals surface area (Å²) >= 11 is 1.83. The molecule has 0 spiro atoms. The minimum atomic E-state index is -0.929. The second-order valence-corrected chi connectivity index (χ2v) is 9.40. The van der Waals surface area contributed by atoms with Crippen LogP contribution < -0.4 is 4.74 Å². The van der Waals surface area contributed by atoms with Crippen molar-refractivity contribution in [1.82, 2.24) is 9.88 Å². The summed E-state index contributed by atoms with van der Waals surface area (Å²) in [5, 5.41) is 10.6. The van der Waals surface area contributed by atoms with Crippen LogP contribution in [0, 0.1) is 0 Å². The van der Waals surface area contributed by atoms with Crippen LogP contribution in [-0.2, 0) is 6.61 Å². The van der Waals surface area contributed by atoms with E-state index in [-0.39, 0.29) is 17.6 Å². The summed E-state index contributed by atoms with van der Waals surface area (Å²) in [6.07, 6.45) is 1.83. The first-order valence-corrected chi connectivity index (χ1v) is 11.4. The molecule has 0 bridgehead atoms. The molecule has 6 nitrogen and oxygen atoms in total. The number of aromatic nitrogens is 1. The van der Waals surface area contributed by atoms with E-state index in [2.05, 4.69) is 28.9 Å². The van der Waals surface area contributed by atoms with E-state index in [9.17, 15) is 4.79 Å². The molecular formula is C25H23N3O3S. The summed E-state index contributed by atoms with van der Waals surface area (Å²) in [6.45, 7) is 3.59. The number of amidine groups is 1. The highest BCUT2D eigenvalue weighted by molar-refractivity contribution is 8.14. The molecular weight excluding hydrogens is 422 g/mol. The van der Waals surface area contributed by atoms with Gasteiger partial charge in [-0.25, -0.2) is 4.79 Å². The molecule has 2 aliphatic rings. The van der Waals surface area contributed by atoms with Crippen LogP contribution in [0.25, 0.3) is 0 Å². The van der Waals surface area contributed by atoms with E-state index in [0.717, 1.165) is 28.7 Å². The van der Waals surface area contributed by atoms with Gasteiger partial charge in [-0.3, -0.25) is 9.98 Å². The first kappa shape index (κ1) is 20.6. The Labute approximate surface area is 191 Å². The number of thioether (sulfide) groups is 1. The molecule has 162 valence electrons. The number of nitrogens with zero attached hydrogens (tertiary/aromatic N) is 3. The summed E-state index contributed by atoms with van der Waals surface area (Å²) in [5.41, 5.74) is 3.37.